The highest BCUT2D eigenvalue weighted by molar-refractivity contribution is 8.01. The van der Waals surface area contributed by atoms with Crippen molar-refractivity contribution in [1.29, 1.82) is 0 Å². The lowest BCUT2D eigenvalue weighted by Crippen LogP contribution is -2.61. The monoisotopic (exact) mass is 632 g/mol. The van der Waals surface area contributed by atoms with Crippen LogP contribution in [-0.4, -0.2) is 13.4 Å². The molecule has 0 fully saturated rings. The molecule has 3 heterocycles. The second-order valence-electron chi connectivity index (χ2n) is 12.3. The molecule has 0 spiro atoms. The molecule has 47 heavy (non-hydrogen) atoms. The van der Waals surface area contributed by atoms with Crippen LogP contribution in [0.15, 0.2) is 177 Å². The molecule has 0 saturated heterocycles. The van der Waals surface area contributed by atoms with Crippen LogP contribution in [0.5, 0.6) is 11.5 Å². The molecule has 0 aromatic heterocycles. The first-order valence-electron chi connectivity index (χ1n) is 16.1. The Labute approximate surface area is 284 Å². The molecule has 0 atom stereocenters. The first-order valence-corrected chi connectivity index (χ1v) is 17.7. The van der Waals surface area contributed by atoms with E-state index in [9.17, 15) is 0 Å². The van der Waals surface area contributed by atoms with Gasteiger partial charge in [-0.3, -0.25) is 0 Å². The Morgan fingerprint density at radius 1 is 0.362 bits per heavy atom. The summed E-state index contributed by atoms with van der Waals surface area (Å²) >= 11 is 3.79. The van der Waals surface area contributed by atoms with Gasteiger partial charge in [-0.15, -0.1) is 0 Å². The molecule has 0 saturated carbocycles. The van der Waals surface area contributed by atoms with E-state index in [0.29, 0.717) is 0 Å². The van der Waals surface area contributed by atoms with E-state index in [4.69, 9.17) is 4.74 Å². The molecule has 7 aromatic carbocycles. The smallest absolute Gasteiger partial charge is 0.253 e. The van der Waals surface area contributed by atoms with Crippen LogP contribution in [0.2, 0.25) is 0 Å². The number of rotatable bonds is 3. The molecule has 3 aliphatic rings. The molecule has 7 aromatic rings. The van der Waals surface area contributed by atoms with E-state index in [-0.39, 0.29) is 13.4 Å². The van der Waals surface area contributed by atoms with Gasteiger partial charge in [-0.25, -0.2) is 0 Å². The summed E-state index contributed by atoms with van der Waals surface area (Å²) in [6, 6.07) is 57.8. The van der Waals surface area contributed by atoms with E-state index in [1.807, 2.05) is 23.5 Å². The third-order valence-electron chi connectivity index (χ3n) is 9.76. The van der Waals surface area contributed by atoms with Crippen molar-refractivity contribution in [3.05, 3.63) is 158 Å². The summed E-state index contributed by atoms with van der Waals surface area (Å²) in [6.45, 7) is 0.171. The lowest BCUT2D eigenvalue weighted by atomic mass is 9.32. The van der Waals surface area contributed by atoms with E-state index in [0.717, 1.165) is 11.5 Å². The molecule has 3 aliphatic heterocycles. The fourth-order valence-electron chi connectivity index (χ4n) is 7.76. The molecule has 5 heteroatoms. The molecule has 218 valence electrons. The molecule has 0 N–H and O–H groups in total. The summed E-state index contributed by atoms with van der Waals surface area (Å²) in [5.74, 6) is 1.92. The second kappa shape index (κ2) is 10.9. The van der Waals surface area contributed by atoms with Gasteiger partial charge < -0.3 is 4.74 Å². The minimum absolute atomic E-state index is 0.0519. The zero-order chi connectivity index (χ0) is 30.9. The number of ether oxygens (including phenoxy) is 1. The van der Waals surface area contributed by atoms with Crippen LogP contribution >= 0.6 is 23.5 Å². The minimum Gasteiger partial charge on any atom is -0.458 e. The summed E-state index contributed by atoms with van der Waals surface area (Å²) in [5, 5.41) is 0. The number of benzene rings is 7. The molecular weight excluding hydrogens is 606 g/mol. The molecule has 0 aliphatic carbocycles. The topological polar surface area (TPSA) is 9.23 Å². The van der Waals surface area contributed by atoms with E-state index < -0.39 is 0 Å². The summed E-state index contributed by atoms with van der Waals surface area (Å²) in [5.41, 5.74) is 13.0. The number of fused-ring (bicyclic) bond motifs is 6. The van der Waals surface area contributed by atoms with Gasteiger partial charge in [-0.2, -0.15) is 0 Å². The fraction of sp³-hybridized carbons (Fsp3) is 0. The summed E-state index contributed by atoms with van der Waals surface area (Å²) in [4.78, 5) is 5.28. The van der Waals surface area contributed by atoms with Gasteiger partial charge in [0.05, 0.1) is 0 Å². The average molecular weight is 632 g/mol. The number of hydrogen-bond acceptors (Lipinski definition) is 3. The van der Waals surface area contributed by atoms with Crippen LogP contribution < -0.4 is 37.5 Å². The van der Waals surface area contributed by atoms with Crippen molar-refractivity contribution in [2.24, 2.45) is 0 Å². The Hall–Kier alpha value is -4.83. The van der Waals surface area contributed by atoms with Gasteiger partial charge in [-0.1, -0.05) is 173 Å². The Morgan fingerprint density at radius 2 is 0.894 bits per heavy atom. The molecule has 1 nitrogen and oxygen atoms in total. The Balaban J connectivity index is 1.27. The van der Waals surface area contributed by atoms with Gasteiger partial charge >= 0.3 is 0 Å². The highest BCUT2D eigenvalue weighted by atomic mass is 32.2. The lowest BCUT2D eigenvalue weighted by molar-refractivity contribution is 0.486. The highest BCUT2D eigenvalue weighted by Gasteiger charge is 2.42. The first kappa shape index (κ1) is 27.3. The Bertz CT molecular complexity index is 2300. The average Bonchev–Trinajstić information content (AvgIpc) is 3.13. The third kappa shape index (κ3) is 4.30. The molecule has 0 radical (unpaired) electrons. The van der Waals surface area contributed by atoms with Crippen LogP contribution in [0.25, 0.3) is 22.3 Å². The second-order valence-corrected chi connectivity index (χ2v) is 14.5. The third-order valence-corrected chi connectivity index (χ3v) is 12.1. The van der Waals surface area contributed by atoms with Crippen molar-refractivity contribution in [1.82, 2.24) is 0 Å². The van der Waals surface area contributed by atoms with Crippen molar-refractivity contribution >= 4 is 69.7 Å². The minimum atomic E-state index is 0.0519. The van der Waals surface area contributed by atoms with Crippen LogP contribution in [0.1, 0.15) is 0 Å². The molecule has 0 unspecified atom stereocenters. The van der Waals surface area contributed by atoms with Crippen molar-refractivity contribution < 1.29 is 4.74 Å². The molecule has 0 amide bonds. The van der Waals surface area contributed by atoms with E-state index in [2.05, 4.69) is 158 Å². The quantitative estimate of drug-likeness (QED) is 0.193. The first-order chi connectivity index (χ1) is 23.3. The molecule has 10 rings (SSSR count). The fourth-order valence-corrected chi connectivity index (χ4v) is 10.2. The zero-order valence-corrected chi connectivity index (χ0v) is 27.0. The summed E-state index contributed by atoms with van der Waals surface area (Å²) in [6.07, 6.45) is 0. The van der Waals surface area contributed by atoms with Gasteiger partial charge in [0.15, 0.2) is 0 Å². The molecular formula is C42H26B2OS2. The maximum absolute atomic E-state index is 6.50. The van der Waals surface area contributed by atoms with E-state index in [1.165, 1.54) is 74.6 Å². The van der Waals surface area contributed by atoms with E-state index in [1.54, 1.807) is 0 Å². The normalized spacial score (nSPS) is 13.4. The maximum atomic E-state index is 6.50. The van der Waals surface area contributed by atoms with E-state index >= 15 is 0 Å². The predicted octanol–water partition coefficient (Wildman–Crippen LogP) is 7.09. The van der Waals surface area contributed by atoms with Gasteiger partial charge in [0.2, 0.25) is 6.71 Å². The Morgan fingerprint density at radius 3 is 1.62 bits per heavy atom. The van der Waals surface area contributed by atoms with Gasteiger partial charge in [0, 0.05) is 19.6 Å². The van der Waals surface area contributed by atoms with Gasteiger partial charge in [0.25, 0.3) is 6.71 Å². The molecule has 0 bridgehead atoms. The SMILES string of the molecule is c1ccc(-c2cccc(-c3ccccc3)c2B2c3ccccc3Sc3cc4c(cc32)B2c3ccccc3Oc3cccc(c32)S4)cc1. The standard InChI is InChI=1S/C42H26B2OS2/c1-3-13-27(14-4-1)29-17-11-18-30(28-15-5-2-6-16-28)41(29)44-32-20-8-10-23-37(32)46-39-26-40-33(25-34(39)44)43-31-19-7-9-21-35(31)45-36-22-12-24-38(47-40)42(36)43/h1-26H. The number of hydrogen-bond donors (Lipinski definition) is 0. The number of para-hydroxylation sites is 1. The van der Waals surface area contributed by atoms with Crippen LogP contribution in [-0.2, 0) is 0 Å². The van der Waals surface area contributed by atoms with Crippen LogP contribution in [0.3, 0.4) is 0 Å². The maximum Gasteiger partial charge on any atom is 0.253 e. The Kier molecular flexibility index (Phi) is 6.31. The van der Waals surface area contributed by atoms with Gasteiger partial charge in [0.1, 0.15) is 11.5 Å². The summed E-state index contributed by atoms with van der Waals surface area (Å²) in [7, 11) is 0. The van der Waals surface area contributed by atoms with Crippen molar-refractivity contribution in [3.8, 4) is 33.8 Å². The van der Waals surface area contributed by atoms with Crippen LogP contribution in [0.4, 0.5) is 0 Å². The zero-order valence-electron chi connectivity index (χ0n) is 25.4. The van der Waals surface area contributed by atoms with Gasteiger partial charge in [-0.05, 0) is 63.5 Å². The predicted molar refractivity (Wildman–Crippen MR) is 201 cm³/mol. The van der Waals surface area contributed by atoms with Crippen molar-refractivity contribution in [3.63, 3.8) is 0 Å². The van der Waals surface area contributed by atoms with Crippen molar-refractivity contribution in [2.75, 3.05) is 0 Å². The highest BCUT2D eigenvalue weighted by Crippen LogP contribution is 2.40. The largest absolute Gasteiger partial charge is 0.458 e. The van der Waals surface area contributed by atoms with Crippen molar-refractivity contribution in [2.45, 2.75) is 19.6 Å². The summed E-state index contributed by atoms with van der Waals surface area (Å²) < 4.78 is 6.50. The lowest BCUT2D eigenvalue weighted by Gasteiger charge is -2.35. The van der Waals surface area contributed by atoms with Crippen LogP contribution in [0, 0.1) is 0 Å².